The van der Waals surface area contributed by atoms with Gasteiger partial charge in [-0.05, 0) is 26.3 Å². The van der Waals surface area contributed by atoms with Gasteiger partial charge in [0, 0.05) is 5.25 Å². The Bertz CT molecular complexity index is 206. The lowest BCUT2D eigenvalue weighted by molar-refractivity contribution is -0.139. The molecule has 0 spiro atoms. The number of allylic oxidation sites excluding steroid dienone is 2. The van der Waals surface area contributed by atoms with E-state index in [-0.39, 0.29) is 11.2 Å². The van der Waals surface area contributed by atoms with Crippen LogP contribution < -0.4 is 5.32 Å². The molecule has 0 aliphatic heterocycles. The molecule has 14 heavy (non-hydrogen) atoms. The number of nitrogens with one attached hydrogen (secondary N) is 1. The smallest absolute Gasteiger partial charge is 0.321 e. The normalized spacial score (nSPS) is 18.0. The number of carbonyl (C=O) groups is 1. The van der Waals surface area contributed by atoms with E-state index in [1.807, 2.05) is 26.0 Å². The van der Waals surface area contributed by atoms with Gasteiger partial charge in [-0.15, -0.1) is 0 Å². The van der Waals surface area contributed by atoms with Crippen LogP contribution in [0.15, 0.2) is 12.2 Å². The van der Waals surface area contributed by atoms with Gasteiger partial charge in [-0.3, -0.25) is 4.79 Å². The Hall–Kier alpha value is -0.480. The van der Waals surface area contributed by atoms with Crippen molar-refractivity contribution in [3.63, 3.8) is 0 Å². The molecule has 0 fully saturated rings. The first-order valence-electron chi connectivity index (χ1n) is 4.73. The average molecular weight is 217 g/mol. The van der Waals surface area contributed by atoms with E-state index in [1.54, 1.807) is 7.05 Å². The Balaban J connectivity index is 4.26. The van der Waals surface area contributed by atoms with E-state index in [2.05, 4.69) is 17.9 Å². The second-order valence-electron chi connectivity index (χ2n) is 3.38. The summed E-state index contributed by atoms with van der Waals surface area (Å²) in [6.45, 7) is 3.96. The number of thiol groups is 1. The molecule has 3 atom stereocenters. The van der Waals surface area contributed by atoms with Crippen LogP contribution >= 0.6 is 12.6 Å². The number of hydrogen-bond acceptors (Lipinski definition) is 3. The second kappa shape index (κ2) is 6.90. The fourth-order valence-corrected chi connectivity index (χ4v) is 1.66. The van der Waals surface area contributed by atoms with Gasteiger partial charge in [-0.2, -0.15) is 12.6 Å². The maximum absolute atomic E-state index is 10.8. The topological polar surface area (TPSA) is 49.3 Å². The maximum Gasteiger partial charge on any atom is 0.321 e. The van der Waals surface area contributed by atoms with E-state index in [1.165, 1.54) is 0 Å². The lowest BCUT2D eigenvalue weighted by atomic mass is 9.97. The van der Waals surface area contributed by atoms with Crippen LogP contribution in [0.4, 0.5) is 0 Å². The number of likely N-dealkylation sites (N-methyl/N-ethyl adjacent to an activating group) is 1. The molecule has 0 rings (SSSR count). The maximum atomic E-state index is 10.8. The summed E-state index contributed by atoms with van der Waals surface area (Å²) in [5.41, 5.74) is 0. The Morgan fingerprint density at radius 3 is 2.57 bits per heavy atom. The quantitative estimate of drug-likeness (QED) is 0.467. The van der Waals surface area contributed by atoms with Crippen LogP contribution in [-0.2, 0) is 4.79 Å². The molecule has 0 aliphatic carbocycles. The first-order chi connectivity index (χ1) is 6.54. The van der Waals surface area contributed by atoms with Crippen LogP contribution in [-0.4, -0.2) is 29.4 Å². The summed E-state index contributed by atoms with van der Waals surface area (Å²) in [7, 11) is 1.64. The van der Waals surface area contributed by atoms with Gasteiger partial charge in [0.05, 0.1) is 0 Å². The Labute approximate surface area is 91.0 Å². The first-order valence-corrected chi connectivity index (χ1v) is 5.25. The molecular weight excluding hydrogens is 198 g/mol. The van der Waals surface area contributed by atoms with Gasteiger partial charge in [0.2, 0.25) is 0 Å². The zero-order valence-corrected chi connectivity index (χ0v) is 9.79. The molecule has 0 aromatic rings. The zero-order valence-electron chi connectivity index (χ0n) is 8.90. The fraction of sp³-hybridized carbons (Fsp3) is 0.700. The molecule has 0 saturated heterocycles. The summed E-state index contributed by atoms with van der Waals surface area (Å²) < 4.78 is 0. The summed E-state index contributed by atoms with van der Waals surface area (Å²) in [5.74, 6) is -0.608. The largest absolute Gasteiger partial charge is 0.480 e. The number of hydrogen-bond donors (Lipinski definition) is 3. The van der Waals surface area contributed by atoms with Crippen LogP contribution in [0.25, 0.3) is 0 Å². The molecule has 0 bridgehead atoms. The highest BCUT2D eigenvalue weighted by atomic mass is 32.1. The Kier molecular flexibility index (Phi) is 6.66. The van der Waals surface area contributed by atoms with Gasteiger partial charge < -0.3 is 10.4 Å². The third kappa shape index (κ3) is 4.15. The standard InChI is InChI=1S/C10H19NO2S/c1-4-5-6-7(2)9(14)8(11-3)10(12)13/h4-5,7-9,11,14H,6H2,1-3H3,(H,12,13)/t7-,8-,9-/m1/s1. The summed E-state index contributed by atoms with van der Waals surface area (Å²) >= 11 is 4.34. The molecule has 82 valence electrons. The van der Waals surface area contributed by atoms with Gasteiger partial charge in [0.15, 0.2) is 0 Å². The van der Waals surface area contributed by atoms with Crippen LogP contribution in [0.2, 0.25) is 0 Å². The number of carboxylic acids is 1. The van der Waals surface area contributed by atoms with E-state index in [0.29, 0.717) is 0 Å². The fourth-order valence-electron chi connectivity index (χ4n) is 1.26. The first kappa shape index (κ1) is 13.5. The molecule has 0 radical (unpaired) electrons. The van der Waals surface area contributed by atoms with Crippen LogP contribution in [0.1, 0.15) is 20.3 Å². The predicted octanol–water partition coefficient (Wildman–Crippen LogP) is 1.56. The number of carboxylic acid groups (broad SMARTS) is 1. The predicted molar refractivity (Wildman–Crippen MR) is 61.9 cm³/mol. The second-order valence-corrected chi connectivity index (χ2v) is 3.97. The molecule has 0 aliphatic rings. The molecule has 0 aromatic heterocycles. The summed E-state index contributed by atoms with van der Waals surface area (Å²) in [4.78, 5) is 10.8. The van der Waals surface area contributed by atoms with Crippen molar-refractivity contribution in [1.29, 1.82) is 0 Å². The highest BCUT2D eigenvalue weighted by Crippen LogP contribution is 2.18. The molecule has 0 heterocycles. The minimum Gasteiger partial charge on any atom is -0.480 e. The molecular formula is C10H19NO2S. The van der Waals surface area contributed by atoms with Crippen molar-refractivity contribution in [2.45, 2.75) is 31.6 Å². The monoisotopic (exact) mass is 217 g/mol. The van der Waals surface area contributed by atoms with Gasteiger partial charge in [-0.1, -0.05) is 19.1 Å². The third-order valence-electron chi connectivity index (χ3n) is 2.25. The molecule has 4 heteroatoms. The highest BCUT2D eigenvalue weighted by molar-refractivity contribution is 7.81. The lowest BCUT2D eigenvalue weighted by Gasteiger charge is -2.23. The van der Waals surface area contributed by atoms with Crippen molar-refractivity contribution in [2.75, 3.05) is 7.05 Å². The molecule has 2 N–H and O–H groups in total. The van der Waals surface area contributed by atoms with E-state index < -0.39 is 12.0 Å². The van der Waals surface area contributed by atoms with Crippen molar-refractivity contribution in [2.24, 2.45) is 5.92 Å². The lowest BCUT2D eigenvalue weighted by Crippen LogP contribution is -2.44. The van der Waals surface area contributed by atoms with Crippen LogP contribution in [0.3, 0.4) is 0 Å². The third-order valence-corrected chi connectivity index (χ3v) is 3.05. The Morgan fingerprint density at radius 2 is 2.21 bits per heavy atom. The summed E-state index contributed by atoms with van der Waals surface area (Å²) in [6, 6.07) is -0.585. The average Bonchev–Trinajstić information content (AvgIpc) is 2.14. The van der Waals surface area contributed by atoms with Crippen LogP contribution in [0, 0.1) is 5.92 Å². The van der Waals surface area contributed by atoms with Crippen molar-refractivity contribution in [3.05, 3.63) is 12.2 Å². The summed E-state index contributed by atoms with van der Waals surface area (Å²) in [6.07, 6.45) is 4.85. The van der Waals surface area contributed by atoms with Crippen molar-refractivity contribution in [1.82, 2.24) is 5.32 Å². The van der Waals surface area contributed by atoms with Crippen LogP contribution in [0.5, 0.6) is 0 Å². The van der Waals surface area contributed by atoms with E-state index in [4.69, 9.17) is 5.11 Å². The molecule has 0 aromatic carbocycles. The molecule has 0 amide bonds. The molecule has 0 saturated carbocycles. The van der Waals surface area contributed by atoms with Crippen molar-refractivity contribution in [3.8, 4) is 0 Å². The van der Waals surface area contributed by atoms with Crippen molar-refractivity contribution >= 4 is 18.6 Å². The zero-order chi connectivity index (χ0) is 11.1. The van der Waals surface area contributed by atoms with Crippen molar-refractivity contribution < 1.29 is 9.90 Å². The SMILES string of the molecule is CC=CC[C@@H](C)[C@@H](S)[C@@H](NC)C(=O)O. The van der Waals surface area contributed by atoms with E-state index in [9.17, 15) is 4.79 Å². The molecule has 3 nitrogen and oxygen atoms in total. The minimum absolute atomic E-state index is 0.173. The number of rotatable bonds is 6. The highest BCUT2D eigenvalue weighted by Gasteiger charge is 2.27. The van der Waals surface area contributed by atoms with Gasteiger partial charge in [-0.25, -0.2) is 0 Å². The summed E-state index contributed by atoms with van der Waals surface area (Å²) in [5, 5.41) is 11.5. The van der Waals surface area contributed by atoms with E-state index >= 15 is 0 Å². The van der Waals surface area contributed by atoms with Gasteiger partial charge in [0.1, 0.15) is 6.04 Å². The molecule has 0 unspecified atom stereocenters. The van der Waals surface area contributed by atoms with E-state index in [0.717, 1.165) is 6.42 Å². The minimum atomic E-state index is -0.847. The van der Waals surface area contributed by atoms with Gasteiger partial charge in [0.25, 0.3) is 0 Å². The Morgan fingerprint density at radius 1 is 1.64 bits per heavy atom. The van der Waals surface area contributed by atoms with Gasteiger partial charge >= 0.3 is 5.97 Å². The number of aliphatic carboxylic acids is 1.